The van der Waals surface area contributed by atoms with Gasteiger partial charge < -0.3 is 4.74 Å². The van der Waals surface area contributed by atoms with Crippen molar-refractivity contribution in [1.29, 1.82) is 0 Å². The Morgan fingerprint density at radius 3 is 2.22 bits per heavy atom. The van der Waals surface area contributed by atoms with Crippen LogP contribution in [0.1, 0.15) is 56.9 Å². The third-order valence-electron chi connectivity index (χ3n) is 6.09. The third-order valence-corrected chi connectivity index (χ3v) is 7.02. The topological polar surface area (TPSA) is 45.1 Å². The van der Waals surface area contributed by atoms with Crippen LogP contribution in [-0.4, -0.2) is 33.6 Å². The number of urea groups is 1. The number of nitrogens with zero attached hydrogens (tertiary/aromatic N) is 3. The van der Waals surface area contributed by atoms with Crippen molar-refractivity contribution in [2.45, 2.75) is 66.5 Å². The second kappa shape index (κ2) is 11.0. The summed E-state index contributed by atoms with van der Waals surface area (Å²) in [7, 11) is 0. The standard InChI is InChI=1S/C31H37N3O2S/c1-21(2)34-29(32-31(5,6)7)37-20-33(30(34)35)28-22(3)17-26(18-23(28)4)36-27-16-12-11-15-25(27)19-24-13-9-8-10-14-24/h8-18,21H,19-20H2,1-7H3. The molecule has 5 nitrogen and oxygen atoms in total. The molecule has 0 spiro atoms. The van der Waals surface area contributed by atoms with Crippen LogP contribution in [0.25, 0.3) is 0 Å². The van der Waals surface area contributed by atoms with E-state index >= 15 is 0 Å². The first-order valence-electron chi connectivity index (χ1n) is 12.8. The number of carbonyl (C=O) groups is 1. The van der Waals surface area contributed by atoms with E-state index in [0.29, 0.717) is 5.88 Å². The highest BCUT2D eigenvalue weighted by atomic mass is 32.2. The van der Waals surface area contributed by atoms with E-state index in [1.54, 1.807) is 11.8 Å². The summed E-state index contributed by atoms with van der Waals surface area (Å²) in [5.41, 5.74) is 5.07. The number of carbonyl (C=O) groups excluding carboxylic acids is 1. The molecule has 1 heterocycles. The summed E-state index contributed by atoms with van der Waals surface area (Å²) in [5.74, 6) is 2.14. The second-order valence-corrected chi connectivity index (χ2v) is 11.7. The van der Waals surface area contributed by atoms with Gasteiger partial charge in [0.25, 0.3) is 0 Å². The van der Waals surface area contributed by atoms with E-state index in [4.69, 9.17) is 9.73 Å². The van der Waals surface area contributed by atoms with Gasteiger partial charge in [0.1, 0.15) is 11.5 Å². The summed E-state index contributed by atoms with van der Waals surface area (Å²) in [5, 5.41) is 0.786. The molecule has 0 aliphatic carbocycles. The lowest BCUT2D eigenvalue weighted by Gasteiger charge is -2.39. The van der Waals surface area contributed by atoms with Crippen LogP contribution in [0.4, 0.5) is 10.5 Å². The fourth-order valence-electron chi connectivity index (χ4n) is 4.53. The predicted molar refractivity (Wildman–Crippen MR) is 156 cm³/mol. The zero-order chi connectivity index (χ0) is 26.7. The Balaban J connectivity index is 1.60. The van der Waals surface area contributed by atoms with Crippen molar-refractivity contribution in [1.82, 2.24) is 4.90 Å². The summed E-state index contributed by atoms with van der Waals surface area (Å²) in [4.78, 5) is 22.2. The number of benzene rings is 3. The molecule has 0 atom stereocenters. The Kier molecular flexibility index (Phi) is 7.98. The number of anilines is 1. The van der Waals surface area contributed by atoms with Crippen molar-refractivity contribution in [3.8, 4) is 11.5 Å². The monoisotopic (exact) mass is 515 g/mol. The molecule has 6 heteroatoms. The summed E-state index contributed by atoms with van der Waals surface area (Å²) in [6.07, 6.45) is 0.802. The summed E-state index contributed by atoms with van der Waals surface area (Å²) < 4.78 is 6.41. The maximum Gasteiger partial charge on any atom is 0.331 e. The van der Waals surface area contributed by atoms with Gasteiger partial charge in [-0.2, -0.15) is 0 Å². The Morgan fingerprint density at radius 2 is 1.59 bits per heavy atom. The lowest BCUT2D eigenvalue weighted by molar-refractivity contribution is 0.220. The van der Waals surface area contributed by atoms with E-state index < -0.39 is 0 Å². The predicted octanol–water partition coefficient (Wildman–Crippen LogP) is 8.18. The van der Waals surface area contributed by atoms with Crippen molar-refractivity contribution in [3.05, 3.63) is 89.0 Å². The van der Waals surface area contributed by atoms with Crippen LogP contribution in [0.3, 0.4) is 0 Å². The van der Waals surface area contributed by atoms with Gasteiger partial charge in [-0.15, -0.1) is 0 Å². The van der Waals surface area contributed by atoms with Crippen molar-refractivity contribution < 1.29 is 9.53 Å². The average Bonchev–Trinajstić information content (AvgIpc) is 2.81. The quantitative estimate of drug-likeness (QED) is 0.332. The van der Waals surface area contributed by atoms with Crippen LogP contribution >= 0.6 is 11.8 Å². The van der Waals surface area contributed by atoms with E-state index in [0.717, 1.165) is 45.5 Å². The second-order valence-electron chi connectivity index (χ2n) is 10.8. The molecule has 194 valence electrons. The SMILES string of the molecule is Cc1cc(Oc2ccccc2Cc2ccccc2)cc(C)c1N1CSC(=NC(C)(C)C)N(C(C)C)C1=O. The van der Waals surface area contributed by atoms with Crippen molar-refractivity contribution >= 4 is 28.6 Å². The van der Waals surface area contributed by atoms with E-state index in [1.165, 1.54) is 5.56 Å². The molecule has 0 aromatic heterocycles. The lowest BCUT2D eigenvalue weighted by Crippen LogP contribution is -2.53. The van der Waals surface area contributed by atoms with Gasteiger partial charge in [0.05, 0.1) is 17.1 Å². The highest BCUT2D eigenvalue weighted by molar-refractivity contribution is 8.14. The largest absolute Gasteiger partial charge is 0.457 e. The normalized spacial score (nSPS) is 15.6. The minimum absolute atomic E-state index is 0.00763. The highest BCUT2D eigenvalue weighted by Crippen LogP contribution is 2.37. The van der Waals surface area contributed by atoms with Gasteiger partial charge in [-0.25, -0.2) is 4.79 Å². The number of amides is 2. The van der Waals surface area contributed by atoms with Crippen LogP contribution in [0.5, 0.6) is 11.5 Å². The number of aliphatic imine (C=N–C) groups is 1. The highest BCUT2D eigenvalue weighted by Gasteiger charge is 2.36. The zero-order valence-electron chi connectivity index (χ0n) is 22.9. The molecule has 0 unspecified atom stereocenters. The fraction of sp³-hybridized carbons (Fsp3) is 0.355. The van der Waals surface area contributed by atoms with Gasteiger partial charge in [-0.1, -0.05) is 60.3 Å². The van der Waals surface area contributed by atoms with Crippen LogP contribution in [0.2, 0.25) is 0 Å². The molecule has 37 heavy (non-hydrogen) atoms. The van der Waals surface area contributed by atoms with Gasteiger partial charge in [0, 0.05) is 12.5 Å². The van der Waals surface area contributed by atoms with Gasteiger partial charge in [-0.3, -0.25) is 14.8 Å². The Morgan fingerprint density at radius 1 is 0.973 bits per heavy atom. The fourth-order valence-corrected chi connectivity index (χ4v) is 5.78. The smallest absolute Gasteiger partial charge is 0.331 e. The average molecular weight is 516 g/mol. The molecular weight excluding hydrogens is 478 g/mol. The maximum atomic E-state index is 13.7. The molecule has 1 aliphatic rings. The number of rotatable bonds is 6. The molecule has 1 aliphatic heterocycles. The van der Waals surface area contributed by atoms with E-state index in [2.05, 4.69) is 51.1 Å². The molecule has 0 radical (unpaired) electrons. The number of ether oxygens (including phenoxy) is 1. The minimum Gasteiger partial charge on any atom is -0.457 e. The number of hydrogen-bond acceptors (Lipinski definition) is 4. The van der Waals surface area contributed by atoms with E-state index in [1.807, 2.05) is 73.9 Å². The molecular formula is C31H37N3O2S. The molecule has 1 saturated heterocycles. The van der Waals surface area contributed by atoms with Crippen LogP contribution in [-0.2, 0) is 6.42 Å². The molecule has 3 aromatic rings. The Hall–Kier alpha value is -3.25. The van der Waals surface area contributed by atoms with Crippen LogP contribution in [0, 0.1) is 13.8 Å². The van der Waals surface area contributed by atoms with Gasteiger partial charge >= 0.3 is 6.03 Å². The van der Waals surface area contributed by atoms with E-state index in [-0.39, 0.29) is 17.6 Å². The van der Waals surface area contributed by atoms with Crippen molar-refractivity contribution in [2.24, 2.45) is 4.99 Å². The molecule has 0 saturated carbocycles. The molecule has 1 fully saturated rings. The van der Waals surface area contributed by atoms with Gasteiger partial charge in [0.2, 0.25) is 0 Å². The molecule has 0 bridgehead atoms. The maximum absolute atomic E-state index is 13.7. The molecule has 4 rings (SSSR count). The first kappa shape index (κ1) is 26.8. The number of thioether (sulfide) groups is 1. The van der Waals surface area contributed by atoms with Crippen LogP contribution in [0.15, 0.2) is 71.7 Å². The van der Waals surface area contributed by atoms with Crippen molar-refractivity contribution in [2.75, 3.05) is 10.8 Å². The first-order chi connectivity index (χ1) is 17.5. The summed E-state index contributed by atoms with van der Waals surface area (Å²) in [6.45, 7) is 14.3. The number of amidine groups is 1. The zero-order valence-corrected chi connectivity index (χ0v) is 23.7. The van der Waals surface area contributed by atoms with E-state index in [9.17, 15) is 4.79 Å². The van der Waals surface area contributed by atoms with Crippen molar-refractivity contribution in [3.63, 3.8) is 0 Å². The minimum atomic E-state index is -0.250. The molecule has 3 aromatic carbocycles. The summed E-state index contributed by atoms with van der Waals surface area (Å²) >= 11 is 1.61. The van der Waals surface area contributed by atoms with Gasteiger partial charge in [0.15, 0.2) is 5.17 Å². The Labute approximate surface area is 225 Å². The number of aryl methyl sites for hydroxylation is 2. The van der Waals surface area contributed by atoms with Crippen LogP contribution < -0.4 is 9.64 Å². The third kappa shape index (κ3) is 6.37. The lowest BCUT2D eigenvalue weighted by atomic mass is 10.0. The molecule has 2 amide bonds. The first-order valence-corrected chi connectivity index (χ1v) is 13.8. The molecule has 0 N–H and O–H groups in total. The summed E-state index contributed by atoms with van der Waals surface area (Å²) in [6, 6.07) is 22.6. The Bertz CT molecular complexity index is 1270. The number of hydrogen-bond donors (Lipinski definition) is 0. The van der Waals surface area contributed by atoms with Gasteiger partial charge in [-0.05, 0) is 88.9 Å². The number of para-hydroxylation sites is 1.